The van der Waals surface area contributed by atoms with Crippen LogP contribution in [0.1, 0.15) is 56.9 Å². The van der Waals surface area contributed by atoms with E-state index in [0.717, 1.165) is 4.31 Å². The lowest BCUT2D eigenvalue weighted by molar-refractivity contribution is -0.119. The third-order valence-corrected chi connectivity index (χ3v) is 7.54. The lowest BCUT2D eigenvalue weighted by Gasteiger charge is -2.14. The van der Waals surface area contributed by atoms with E-state index in [1.807, 2.05) is 13.8 Å². The summed E-state index contributed by atoms with van der Waals surface area (Å²) in [5, 5.41) is 2.55. The van der Waals surface area contributed by atoms with Gasteiger partial charge in [0.05, 0.1) is 21.6 Å². The number of amides is 3. The van der Waals surface area contributed by atoms with Crippen LogP contribution < -0.4 is 5.32 Å². The highest BCUT2D eigenvalue weighted by Gasteiger charge is 2.35. The van der Waals surface area contributed by atoms with Crippen LogP contribution in [-0.2, 0) is 19.6 Å². The molecule has 0 aromatic heterocycles. The molecule has 1 N–H and O–H groups in total. The molecule has 0 saturated heterocycles. The number of ether oxygens (including phenoxy) is 1. The number of carbonyl (C=O) groups is 4. The van der Waals surface area contributed by atoms with Gasteiger partial charge in [-0.2, -0.15) is 0 Å². The lowest BCUT2D eigenvalue weighted by Crippen LogP contribution is -2.31. The molecule has 2 aromatic rings. The first-order valence-electron chi connectivity index (χ1n) is 11.3. The number of sulfonamides is 1. The first kappa shape index (κ1) is 27.0. The minimum Gasteiger partial charge on any atom is -0.452 e. The Balaban J connectivity index is 1.66. The highest BCUT2D eigenvalue weighted by molar-refractivity contribution is 7.89. The van der Waals surface area contributed by atoms with Gasteiger partial charge in [0.15, 0.2) is 6.61 Å². The Bertz CT molecular complexity index is 1330. The Labute approximate surface area is 210 Å². The van der Waals surface area contributed by atoms with Crippen molar-refractivity contribution in [1.82, 2.24) is 9.21 Å². The largest absolute Gasteiger partial charge is 0.452 e. The number of nitrogens with one attached hydrogen (secondary N) is 1. The molecule has 1 aliphatic heterocycles. The summed E-state index contributed by atoms with van der Waals surface area (Å²) in [5.41, 5.74) is 1.26. The first-order chi connectivity index (χ1) is 16.8. The van der Waals surface area contributed by atoms with Crippen molar-refractivity contribution in [3.63, 3.8) is 0 Å². The van der Waals surface area contributed by atoms with Gasteiger partial charge in [-0.05, 0) is 55.2 Å². The number of imide groups is 1. The average Bonchev–Trinajstić information content (AvgIpc) is 3.06. The molecule has 3 rings (SSSR count). The number of benzene rings is 2. The highest BCUT2D eigenvalue weighted by Crippen LogP contribution is 2.25. The summed E-state index contributed by atoms with van der Waals surface area (Å²) < 4.78 is 30.9. The predicted octanol–water partition coefficient (Wildman–Crippen LogP) is 2.68. The molecular formula is C25H29N3O7S. The van der Waals surface area contributed by atoms with E-state index in [1.165, 1.54) is 49.3 Å². The molecular weight excluding hydrogens is 486 g/mol. The third-order valence-electron chi connectivity index (χ3n) is 5.73. The molecule has 192 valence electrons. The van der Waals surface area contributed by atoms with Crippen LogP contribution in [0, 0.1) is 12.8 Å². The van der Waals surface area contributed by atoms with E-state index < -0.39 is 40.3 Å². The number of esters is 1. The Morgan fingerprint density at radius 3 is 2.33 bits per heavy atom. The van der Waals surface area contributed by atoms with Gasteiger partial charge in [0.25, 0.3) is 17.7 Å². The topological polar surface area (TPSA) is 130 Å². The summed E-state index contributed by atoms with van der Waals surface area (Å²) in [7, 11) is -0.895. The molecule has 0 atom stereocenters. The molecule has 0 fully saturated rings. The minimum atomic E-state index is -3.70. The third kappa shape index (κ3) is 5.63. The van der Waals surface area contributed by atoms with Gasteiger partial charge in [-0.25, -0.2) is 17.5 Å². The first-order valence-corrected chi connectivity index (χ1v) is 12.8. The number of aryl methyl sites for hydroxylation is 1. The second-order valence-corrected chi connectivity index (χ2v) is 11.2. The fourth-order valence-corrected chi connectivity index (χ4v) is 4.44. The molecule has 1 heterocycles. The van der Waals surface area contributed by atoms with Crippen molar-refractivity contribution in [2.45, 2.75) is 32.1 Å². The molecule has 0 spiro atoms. The van der Waals surface area contributed by atoms with Gasteiger partial charge < -0.3 is 10.1 Å². The van der Waals surface area contributed by atoms with Gasteiger partial charge in [-0.15, -0.1) is 0 Å². The lowest BCUT2D eigenvalue weighted by atomic mass is 10.1. The van der Waals surface area contributed by atoms with Gasteiger partial charge in [0.1, 0.15) is 0 Å². The Hall–Kier alpha value is -3.57. The van der Waals surface area contributed by atoms with Crippen molar-refractivity contribution < 1.29 is 32.3 Å². The minimum absolute atomic E-state index is 0.00480. The van der Waals surface area contributed by atoms with Crippen LogP contribution >= 0.6 is 0 Å². The number of anilines is 1. The molecule has 3 amide bonds. The Morgan fingerprint density at radius 1 is 1.03 bits per heavy atom. The molecule has 10 nitrogen and oxygen atoms in total. The molecule has 1 aliphatic rings. The van der Waals surface area contributed by atoms with Crippen molar-refractivity contribution in [3.8, 4) is 0 Å². The number of rotatable bonds is 9. The van der Waals surface area contributed by atoms with E-state index in [0.29, 0.717) is 24.4 Å². The molecule has 0 aliphatic carbocycles. The van der Waals surface area contributed by atoms with Crippen LogP contribution in [0.4, 0.5) is 5.69 Å². The summed E-state index contributed by atoms with van der Waals surface area (Å²) >= 11 is 0. The Morgan fingerprint density at radius 2 is 1.69 bits per heavy atom. The second-order valence-electron chi connectivity index (χ2n) is 9.09. The zero-order chi connectivity index (χ0) is 26.8. The summed E-state index contributed by atoms with van der Waals surface area (Å²) in [6, 6.07) is 8.40. The van der Waals surface area contributed by atoms with E-state index >= 15 is 0 Å². The van der Waals surface area contributed by atoms with Crippen LogP contribution in [0.3, 0.4) is 0 Å². The molecule has 0 bridgehead atoms. The van der Waals surface area contributed by atoms with E-state index in [9.17, 15) is 27.6 Å². The smallest absolute Gasteiger partial charge is 0.338 e. The molecule has 0 saturated carbocycles. The van der Waals surface area contributed by atoms with Crippen molar-refractivity contribution in [2.24, 2.45) is 5.92 Å². The van der Waals surface area contributed by atoms with Crippen LogP contribution in [0.2, 0.25) is 0 Å². The van der Waals surface area contributed by atoms with Crippen molar-refractivity contribution in [3.05, 3.63) is 58.7 Å². The maximum Gasteiger partial charge on any atom is 0.338 e. The number of carbonyl (C=O) groups excluding carboxylic acids is 4. The van der Waals surface area contributed by atoms with Gasteiger partial charge in [0.2, 0.25) is 10.0 Å². The number of hydrogen-bond acceptors (Lipinski definition) is 7. The molecule has 2 aromatic carbocycles. The van der Waals surface area contributed by atoms with Crippen molar-refractivity contribution in [2.75, 3.05) is 32.6 Å². The summed E-state index contributed by atoms with van der Waals surface area (Å²) in [6.07, 6.45) is 0.666. The van der Waals surface area contributed by atoms with E-state index in [1.54, 1.807) is 13.0 Å². The van der Waals surface area contributed by atoms with E-state index in [2.05, 4.69) is 5.32 Å². The van der Waals surface area contributed by atoms with Crippen LogP contribution in [0.15, 0.2) is 41.3 Å². The maximum atomic E-state index is 12.7. The number of hydrogen-bond donors (Lipinski definition) is 1. The molecule has 11 heteroatoms. The quantitative estimate of drug-likeness (QED) is 0.401. The van der Waals surface area contributed by atoms with E-state index in [4.69, 9.17) is 4.74 Å². The maximum absolute atomic E-state index is 12.7. The summed E-state index contributed by atoms with van der Waals surface area (Å²) in [6.45, 7) is 5.34. The Kier molecular flexibility index (Phi) is 7.95. The van der Waals surface area contributed by atoms with Gasteiger partial charge in [-0.3, -0.25) is 19.3 Å². The average molecular weight is 516 g/mol. The number of nitrogens with zero attached hydrogens (tertiary/aromatic N) is 2. The van der Waals surface area contributed by atoms with Crippen molar-refractivity contribution in [1.29, 1.82) is 0 Å². The van der Waals surface area contributed by atoms with Crippen molar-refractivity contribution >= 4 is 39.4 Å². The fraction of sp³-hybridized carbons (Fsp3) is 0.360. The predicted molar refractivity (Wildman–Crippen MR) is 132 cm³/mol. The molecule has 36 heavy (non-hydrogen) atoms. The SMILES string of the molecule is Cc1ccc(S(=O)(=O)N(C)C)cc1NC(=O)COC(=O)c1ccc2c(c1)C(=O)N(CCC(C)C)C2=O. The zero-order valence-electron chi connectivity index (χ0n) is 20.8. The van der Waals surface area contributed by atoms with Crippen LogP contribution in [0.5, 0.6) is 0 Å². The normalized spacial score (nSPS) is 13.4. The molecule has 0 radical (unpaired) electrons. The zero-order valence-corrected chi connectivity index (χ0v) is 21.6. The summed E-state index contributed by atoms with van der Waals surface area (Å²) in [5.74, 6) is -2.06. The molecule has 0 unspecified atom stereocenters. The second kappa shape index (κ2) is 10.6. The highest BCUT2D eigenvalue weighted by atomic mass is 32.2. The van der Waals surface area contributed by atoms with Gasteiger partial charge >= 0.3 is 5.97 Å². The van der Waals surface area contributed by atoms with E-state index in [-0.39, 0.29) is 27.3 Å². The standard InChI is InChI=1S/C25H29N3O7S/c1-15(2)10-11-28-23(30)19-9-7-17(12-20(19)24(28)31)25(32)35-14-22(29)26-21-13-18(8-6-16(21)3)36(33,34)27(4)5/h6-9,12-13,15H,10-11,14H2,1-5H3,(H,26,29). The van der Waals surface area contributed by atoms with Gasteiger partial charge in [-0.1, -0.05) is 19.9 Å². The summed E-state index contributed by atoms with van der Waals surface area (Å²) in [4.78, 5) is 51.3. The number of fused-ring (bicyclic) bond motifs is 1. The van der Waals surface area contributed by atoms with Crippen LogP contribution in [-0.4, -0.2) is 68.6 Å². The van der Waals surface area contributed by atoms with Gasteiger partial charge in [0, 0.05) is 26.3 Å². The monoisotopic (exact) mass is 515 g/mol. The fourth-order valence-electron chi connectivity index (χ4n) is 3.52. The van der Waals surface area contributed by atoms with Crippen LogP contribution in [0.25, 0.3) is 0 Å².